The first-order valence-corrected chi connectivity index (χ1v) is 13.1. The van der Waals surface area contributed by atoms with Crippen LogP contribution in [0.3, 0.4) is 0 Å². The van der Waals surface area contributed by atoms with Crippen LogP contribution in [-0.2, 0) is 19.9 Å². The summed E-state index contributed by atoms with van der Waals surface area (Å²) in [5.41, 5.74) is 1.87. The summed E-state index contributed by atoms with van der Waals surface area (Å²) in [5, 5.41) is 2.87. The quantitative estimate of drug-likeness (QED) is 0.545. The van der Waals surface area contributed by atoms with Crippen LogP contribution in [0.15, 0.2) is 82.6 Å². The van der Waals surface area contributed by atoms with Crippen molar-refractivity contribution < 1.29 is 21.6 Å². The van der Waals surface area contributed by atoms with Crippen molar-refractivity contribution in [3.8, 4) is 0 Å². The van der Waals surface area contributed by atoms with Crippen molar-refractivity contribution in [2.75, 3.05) is 11.0 Å². The molecule has 0 radical (unpaired) electrons. The third-order valence-corrected chi connectivity index (χ3v) is 7.54. The van der Waals surface area contributed by atoms with Crippen molar-refractivity contribution in [3.63, 3.8) is 0 Å². The van der Waals surface area contributed by atoms with Crippen LogP contribution in [0.4, 0.5) is 5.69 Å². The van der Waals surface area contributed by atoms with E-state index in [4.69, 9.17) is 0 Å². The zero-order valence-corrected chi connectivity index (χ0v) is 19.5. The van der Waals surface area contributed by atoms with Crippen molar-refractivity contribution in [2.24, 2.45) is 0 Å². The molecule has 0 aliphatic rings. The van der Waals surface area contributed by atoms with Crippen LogP contribution >= 0.6 is 0 Å². The highest BCUT2D eigenvalue weighted by molar-refractivity contribution is 7.92. The third-order valence-electron chi connectivity index (χ3n) is 5.03. The number of benzene rings is 3. The van der Waals surface area contributed by atoms with Gasteiger partial charge in [0, 0.05) is 11.8 Å². The van der Waals surface area contributed by atoms with Crippen molar-refractivity contribution in [3.05, 3.63) is 89.5 Å². The van der Waals surface area contributed by atoms with Crippen LogP contribution < -0.4 is 10.0 Å². The molecule has 32 heavy (non-hydrogen) atoms. The maximum absolute atomic E-state index is 12.9. The molecule has 0 heterocycles. The number of hydrogen-bond acceptors (Lipinski definition) is 5. The predicted octanol–water partition coefficient (Wildman–Crippen LogP) is 3.69. The summed E-state index contributed by atoms with van der Waals surface area (Å²) in [7, 11) is -7.09. The molecule has 0 fully saturated rings. The van der Waals surface area contributed by atoms with Crippen molar-refractivity contribution in [1.82, 2.24) is 5.32 Å². The Morgan fingerprint density at radius 2 is 1.44 bits per heavy atom. The van der Waals surface area contributed by atoms with Gasteiger partial charge in [0.05, 0.1) is 21.5 Å². The van der Waals surface area contributed by atoms with Gasteiger partial charge in [-0.3, -0.25) is 9.52 Å². The largest absolute Gasteiger partial charge is 0.346 e. The maximum atomic E-state index is 12.9. The van der Waals surface area contributed by atoms with E-state index in [0.717, 1.165) is 11.8 Å². The lowest BCUT2D eigenvalue weighted by Crippen LogP contribution is -2.27. The normalized spacial score (nSPS) is 12.7. The van der Waals surface area contributed by atoms with Gasteiger partial charge in [0.1, 0.15) is 0 Å². The SMILES string of the molecule is Cc1c(NS(=O)(=O)c2ccccc2)cccc1C(=O)NC(C)c1ccc(S(C)(=O)=O)cc1. The number of sulfone groups is 1. The lowest BCUT2D eigenvalue weighted by atomic mass is 10.0. The Morgan fingerprint density at radius 1 is 0.812 bits per heavy atom. The molecule has 3 aromatic rings. The number of hydrogen-bond donors (Lipinski definition) is 2. The molecule has 0 bridgehead atoms. The van der Waals surface area contributed by atoms with E-state index in [1.54, 1.807) is 62.4 Å². The molecule has 3 aromatic carbocycles. The van der Waals surface area contributed by atoms with E-state index in [0.29, 0.717) is 16.8 Å². The van der Waals surface area contributed by atoms with E-state index in [1.165, 1.54) is 24.3 Å². The molecule has 9 heteroatoms. The van der Waals surface area contributed by atoms with E-state index in [9.17, 15) is 21.6 Å². The van der Waals surface area contributed by atoms with Gasteiger partial charge in [-0.2, -0.15) is 0 Å². The first-order valence-electron chi connectivity index (χ1n) is 9.77. The van der Waals surface area contributed by atoms with Gasteiger partial charge in [-0.25, -0.2) is 16.8 Å². The molecule has 1 atom stereocenters. The standard InChI is InChI=1S/C23H24N2O5S2/c1-16-21(10-7-11-22(16)25-32(29,30)20-8-5-4-6-9-20)23(26)24-17(2)18-12-14-19(15-13-18)31(3,27)28/h4-15,17,25H,1-3H3,(H,24,26). The first kappa shape index (κ1) is 23.5. The van der Waals surface area contributed by atoms with E-state index in [2.05, 4.69) is 10.0 Å². The van der Waals surface area contributed by atoms with Crippen molar-refractivity contribution in [1.29, 1.82) is 0 Å². The molecule has 0 aliphatic heterocycles. The summed E-state index contributed by atoms with van der Waals surface area (Å²) < 4.78 is 51.1. The summed E-state index contributed by atoms with van der Waals surface area (Å²) in [6.45, 7) is 3.45. The molecule has 2 N–H and O–H groups in total. The van der Waals surface area contributed by atoms with Crippen LogP contribution in [0, 0.1) is 6.92 Å². The average molecular weight is 473 g/mol. The van der Waals surface area contributed by atoms with Gasteiger partial charge < -0.3 is 5.32 Å². The average Bonchev–Trinajstić information content (AvgIpc) is 2.75. The number of carbonyl (C=O) groups excluding carboxylic acids is 1. The Morgan fingerprint density at radius 3 is 2.03 bits per heavy atom. The van der Waals surface area contributed by atoms with Crippen LogP contribution in [0.5, 0.6) is 0 Å². The summed E-state index contributed by atoms with van der Waals surface area (Å²) in [6, 6.07) is 18.7. The second-order valence-electron chi connectivity index (χ2n) is 7.43. The fourth-order valence-corrected chi connectivity index (χ4v) is 4.93. The smallest absolute Gasteiger partial charge is 0.261 e. The summed E-state index contributed by atoms with van der Waals surface area (Å²) in [5.74, 6) is -0.372. The molecule has 3 rings (SSSR count). The van der Waals surface area contributed by atoms with Crippen LogP contribution in [0.1, 0.15) is 34.5 Å². The Kier molecular flexibility index (Phi) is 6.71. The molecule has 1 amide bonds. The second kappa shape index (κ2) is 9.13. The van der Waals surface area contributed by atoms with Gasteiger partial charge in [0.15, 0.2) is 9.84 Å². The molecule has 0 saturated heterocycles. The summed E-state index contributed by atoms with van der Waals surface area (Å²) in [6.07, 6.45) is 1.13. The van der Waals surface area contributed by atoms with E-state index >= 15 is 0 Å². The van der Waals surface area contributed by atoms with Crippen LogP contribution in [0.2, 0.25) is 0 Å². The van der Waals surface area contributed by atoms with Gasteiger partial charge in [-0.15, -0.1) is 0 Å². The molecule has 168 valence electrons. The number of amides is 1. The lowest BCUT2D eigenvalue weighted by Gasteiger charge is -2.17. The number of nitrogens with one attached hydrogen (secondary N) is 2. The van der Waals surface area contributed by atoms with Crippen molar-refractivity contribution in [2.45, 2.75) is 29.7 Å². The van der Waals surface area contributed by atoms with Crippen LogP contribution in [-0.4, -0.2) is 29.0 Å². The molecule has 7 nitrogen and oxygen atoms in total. The fourth-order valence-electron chi connectivity index (χ4n) is 3.16. The third kappa shape index (κ3) is 5.35. The Labute approximate surface area is 188 Å². The Hall–Kier alpha value is -3.17. The van der Waals surface area contributed by atoms with Gasteiger partial charge in [-0.1, -0.05) is 36.4 Å². The predicted molar refractivity (Wildman–Crippen MR) is 124 cm³/mol. The zero-order chi connectivity index (χ0) is 23.5. The number of rotatable bonds is 7. The Balaban J connectivity index is 1.79. The minimum atomic E-state index is -3.79. The van der Waals surface area contributed by atoms with Crippen molar-refractivity contribution >= 4 is 31.5 Å². The van der Waals surface area contributed by atoms with Gasteiger partial charge in [0.2, 0.25) is 0 Å². The summed E-state index contributed by atoms with van der Waals surface area (Å²) >= 11 is 0. The maximum Gasteiger partial charge on any atom is 0.261 e. The molecule has 0 aromatic heterocycles. The Bertz CT molecular complexity index is 1330. The first-order chi connectivity index (χ1) is 15.0. The monoisotopic (exact) mass is 472 g/mol. The van der Waals surface area contributed by atoms with Gasteiger partial charge >= 0.3 is 0 Å². The highest BCUT2D eigenvalue weighted by Gasteiger charge is 2.19. The molecule has 0 spiro atoms. The molecule has 0 saturated carbocycles. The molecular formula is C23H24N2O5S2. The molecular weight excluding hydrogens is 448 g/mol. The minimum Gasteiger partial charge on any atom is -0.346 e. The van der Waals surface area contributed by atoms with E-state index in [1.807, 2.05) is 0 Å². The number of anilines is 1. The van der Waals surface area contributed by atoms with E-state index in [-0.39, 0.29) is 21.7 Å². The number of carbonyl (C=O) groups is 1. The van der Waals surface area contributed by atoms with Gasteiger partial charge in [-0.05, 0) is 61.4 Å². The van der Waals surface area contributed by atoms with Crippen LogP contribution in [0.25, 0.3) is 0 Å². The zero-order valence-electron chi connectivity index (χ0n) is 17.9. The molecule has 0 aliphatic carbocycles. The highest BCUT2D eigenvalue weighted by atomic mass is 32.2. The molecule has 1 unspecified atom stereocenters. The van der Waals surface area contributed by atoms with Gasteiger partial charge in [0.25, 0.3) is 15.9 Å². The topological polar surface area (TPSA) is 109 Å². The van der Waals surface area contributed by atoms with E-state index < -0.39 is 19.9 Å². The minimum absolute atomic E-state index is 0.125. The summed E-state index contributed by atoms with van der Waals surface area (Å²) in [4.78, 5) is 13.2. The lowest BCUT2D eigenvalue weighted by molar-refractivity contribution is 0.0939. The second-order valence-corrected chi connectivity index (χ2v) is 11.1. The fraction of sp³-hybridized carbons (Fsp3) is 0.174. The highest BCUT2D eigenvalue weighted by Crippen LogP contribution is 2.24. The number of sulfonamides is 1.